The van der Waals surface area contributed by atoms with Crippen LogP contribution in [0.3, 0.4) is 0 Å². The second-order valence-electron chi connectivity index (χ2n) is 6.14. The second kappa shape index (κ2) is 7.96. The largest absolute Gasteiger partial charge is 0.322 e. The summed E-state index contributed by atoms with van der Waals surface area (Å²) in [6.07, 6.45) is 0. The molecule has 0 bridgehead atoms. The molecule has 0 atom stereocenters. The number of rotatable bonds is 5. The number of sulfonamides is 1. The highest BCUT2D eigenvalue weighted by atomic mass is 32.2. The first-order valence-corrected chi connectivity index (χ1v) is 9.80. The molecule has 0 unspecified atom stereocenters. The van der Waals surface area contributed by atoms with Crippen LogP contribution in [0, 0.1) is 24.4 Å². The molecule has 0 aromatic heterocycles. The van der Waals surface area contributed by atoms with E-state index in [1.807, 2.05) is 0 Å². The van der Waals surface area contributed by atoms with E-state index in [-0.39, 0.29) is 16.3 Å². The maximum absolute atomic E-state index is 13.8. The first-order valence-electron chi connectivity index (χ1n) is 8.32. The number of hydrogen-bond donors (Lipinski definition) is 2. The first kappa shape index (κ1) is 20.4. The second-order valence-corrected chi connectivity index (χ2v) is 7.79. The van der Waals surface area contributed by atoms with E-state index < -0.39 is 38.9 Å². The Kier molecular flexibility index (Phi) is 5.60. The van der Waals surface area contributed by atoms with Crippen molar-refractivity contribution in [1.82, 2.24) is 0 Å². The summed E-state index contributed by atoms with van der Waals surface area (Å²) in [4.78, 5) is 12.0. The van der Waals surface area contributed by atoms with Gasteiger partial charge in [0.2, 0.25) is 0 Å². The predicted molar refractivity (Wildman–Crippen MR) is 103 cm³/mol. The van der Waals surface area contributed by atoms with Gasteiger partial charge in [-0.2, -0.15) is 0 Å². The molecule has 1 amide bonds. The summed E-state index contributed by atoms with van der Waals surface area (Å²) in [5.74, 6) is -3.51. The fourth-order valence-corrected chi connectivity index (χ4v) is 3.92. The molecule has 3 rings (SSSR count). The monoisotopic (exact) mass is 420 g/mol. The highest BCUT2D eigenvalue weighted by molar-refractivity contribution is 7.92. The van der Waals surface area contributed by atoms with Gasteiger partial charge in [0.05, 0.1) is 16.1 Å². The molecule has 0 aliphatic heterocycles. The minimum absolute atomic E-state index is 0.0678. The lowest BCUT2D eigenvalue weighted by atomic mass is 10.1. The number of nitrogens with one attached hydrogen (secondary N) is 2. The Bertz CT molecular complexity index is 1200. The summed E-state index contributed by atoms with van der Waals surface area (Å²) >= 11 is 0. The molecule has 9 heteroatoms. The molecule has 0 aliphatic carbocycles. The zero-order chi connectivity index (χ0) is 21.2. The molecule has 0 fully saturated rings. The van der Waals surface area contributed by atoms with Crippen molar-refractivity contribution in [3.05, 3.63) is 89.2 Å². The lowest BCUT2D eigenvalue weighted by Gasteiger charge is -2.13. The minimum atomic E-state index is -4.17. The van der Waals surface area contributed by atoms with Gasteiger partial charge in [-0.15, -0.1) is 0 Å². The smallest absolute Gasteiger partial charge is 0.262 e. The molecule has 0 saturated heterocycles. The summed E-state index contributed by atoms with van der Waals surface area (Å²) in [6.45, 7) is 1.53. The fourth-order valence-electron chi connectivity index (χ4n) is 2.58. The normalized spacial score (nSPS) is 11.2. The Labute approximate surface area is 165 Å². The zero-order valence-corrected chi connectivity index (χ0v) is 15.9. The summed E-state index contributed by atoms with van der Waals surface area (Å²) in [6, 6.07) is 11.8. The van der Waals surface area contributed by atoms with Gasteiger partial charge in [0.25, 0.3) is 15.9 Å². The maximum Gasteiger partial charge on any atom is 0.262 e. The Morgan fingerprint density at radius 2 is 1.62 bits per heavy atom. The molecule has 29 heavy (non-hydrogen) atoms. The number of carbonyl (C=O) groups excluding carboxylic acids is 1. The van der Waals surface area contributed by atoms with Crippen LogP contribution in [-0.4, -0.2) is 14.3 Å². The lowest BCUT2D eigenvalue weighted by molar-refractivity contribution is 0.102. The third-order valence-electron chi connectivity index (χ3n) is 4.03. The van der Waals surface area contributed by atoms with Crippen molar-refractivity contribution in [1.29, 1.82) is 0 Å². The molecule has 0 aliphatic rings. The van der Waals surface area contributed by atoms with E-state index in [2.05, 4.69) is 10.0 Å². The van der Waals surface area contributed by atoms with Crippen LogP contribution in [0.2, 0.25) is 0 Å². The minimum Gasteiger partial charge on any atom is -0.322 e. The first-order chi connectivity index (χ1) is 13.7. The van der Waals surface area contributed by atoms with Crippen LogP contribution in [0.4, 0.5) is 24.5 Å². The highest BCUT2D eigenvalue weighted by Gasteiger charge is 2.20. The molecular formula is C20H15F3N2O3S. The number of aryl methyl sites for hydroxylation is 1. The number of halogens is 3. The Morgan fingerprint density at radius 1 is 0.897 bits per heavy atom. The quantitative estimate of drug-likeness (QED) is 0.640. The summed E-state index contributed by atoms with van der Waals surface area (Å²) in [5.41, 5.74) is -0.214. The van der Waals surface area contributed by atoms with Crippen molar-refractivity contribution < 1.29 is 26.4 Å². The van der Waals surface area contributed by atoms with Crippen molar-refractivity contribution in [2.45, 2.75) is 11.8 Å². The molecular weight excluding hydrogens is 405 g/mol. The van der Waals surface area contributed by atoms with Gasteiger partial charge in [0, 0.05) is 11.8 Å². The molecule has 3 aromatic carbocycles. The van der Waals surface area contributed by atoms with Gasteiger partial charge in [-0.1, -0.05) is 18.2 Å². The van der Waals surface area contributed by atoms with E-state index in [1.165, 1.54) is 37.3 Å². The third kappa shape index (κ3) is 4.57. The number of amides is 1. The Hall–Kier alpha value is -3.33. The van der Waals surface area contributed by atoms with Gasteiger partial charge in [-0.25, -0.2) is 21.6 Å². The Morgan fingerprint density at radius 3 is 2.31 bits per heavy atom. The van der Waals surface area contributed by atoms with Gasteiger partial charge in [0.1, 0.15) is 17.5 Å². The lowest BCUT2D eigenvalue weighted by Crippen LogP contribution is -2.17. The SMILES string of the molecule is Cc1ccc(NC(=O)c2ccc(F)cc2F)cc1S(=O)(=O)Nc1ccccc1F. The maximum atomic E-state index is 13.8. The third-order valence-corrected chi connectivity index (χ3v) is 5.54. The number of anilines is 2. The van der Waals surface area contributed by atoms with Crippen molar-refractivity contribution in [2.75, 3.05) is 10.0 Å². The average molecular weight is 420 g/mol. The highest BCUT2D eigenvalue weighted by Crippen LogP contribution is 2.24. The van der Waals surface area contributed by atoms with Crippen LogP contribution >= 0.6 is 0 Å². The van der Waals surface area contributed by atoms with Crippen LogP contribution in [-0.2, 0) is 10.0 Å². The van der Waals surface area contributed by atoms with Crippen LogP contribution in [0.15, 0.2) is 65.6 Å². The van der Waals surface area contributed by atoms with Gasteiger partial charge in [-0.3, -0.25) is 9.52 Å². The van der Waals surface area contributed by atoms with Crippen LogP contribution in [0.1, 0.15) is 15.9 Å². The molecule has 0 radical (unpaired) electrons. The average Bonchev–Trinajstić information content (AvgIpc) is 2.65. The molecule has 0 spiro atoms. The molecule has 3 aromatic rings. The van der Waals surface area contributed by atoms with Crippen LogP contribution in [0.5, 0.6) is 0 Å². The number of carbonyl (C=O) groups is 1. The molecule has 0 saturated carbocycles. The molecule has 150 valence electrons. The summed E-state index contributed by atoms with van der Waals surface area (Å²) in [7, 11) is -4.17. The molecule has 2 N–H and O–H groups in total. The number of benzene rings is 3. The van der Waals surface area contributed by atoms with Crippen LogP contribution < -0.4 is 10.0 Å². The van der Waals surface area contributed by atoms with Crippen LogP contribution in [0.25, 0.3) is 0 Å². The van der Waals surface area contributed by atoms with E-state index in [9.17, 15) is 26.4 Å². The van der Waals surface area contributed by atoms with Crippen molar-refractivity contribution in [2.24, 2.45) is 0 Å². The van der Waals surface area contributed by atoms with E-state index in [0.717, 1.165) is 24.3 Å². The zero-order valence-electron chi connectivity index (χ0n) is 15.0. The van der Waals surface area contributed by atoms with E-state index in [1.54, 1.807) is 0 Å². The van der Waals surface area contributed by atoms with E-state index >= 15 is 0 Å². The Balaban J connectivity index is 1.89. The van der Waals surface area contributed by atoms with Crippen molar-refractivity contribution in [3.63, 3.8) is 0 Å². The van der Waals surface area contributed by atoms with Gasteiger partial charge in [-0.05, 0) is 48.9 Å². The van der Waals surface area contributed by atoms with Gasteiger partial charge in [0.15, 0.2) is 0 Å². The summed E-state index contributed by atoms with van der Waals surface area (Å²) < 4.78 is 68.1. The van der Waals surface area contributed by atoms with E-state index in [0.29, 0.717) is 11.6 Å². The molecule has 5 nitrogen and oxygen atoms in total. The van der Waals surface area contributed by atoms with Gasteiger partial charge < -0.3 is 5.32 Å². The number of hydrogen-bond acceptors (Lipinski definition) is 3. The topological polar surface area (TPSA) is 75.3 Å². The van der Waals surface area contributed by atoms with Crippen molar-refractivity contribution in [3.8, 4) is 0 Å². The predicted octanol–water partition coefficient (Wildman–Crippen LogP) is 4.47. The molecule has 0 heterocycles. The van der Waals surface area contributed by atoms with Crippen molar-refractivity contribution >= 4 is 27.3 Å². The fraction of sp³-hybridized carbons (Fsp3) is 0.0500. The summed E-state index contributed by atoms with van der Waals surface area (Å²) in [5, 5.41) is 2.37. The van der Waals surface area contributed by atoms with Gasteiger partial charge >= 0.3 is 0 Å². The standard InChI is InChI=1S/C20H15F3N2O3S/c1-12-6-8-14(24-20(26)15-9-7-13(21)10-17(15)23)11-19(12)29(27,28)25-18-5-3-2-4-16(18)22/h2-11,25H,1H3,(H,24,26). The van der Waals surface area contributed by atoms with E-state index in [4.69, 9.17) is 0 Å². The number of para-hydroxylation sites is 1.